The van der Waals surface area contributed by atoms with Crippen LogP contribution in [0, 0.1) is 0 Å². The first-order valence-electron chi connectivity index (χ1n) is 5.90. The van der Waals surface area contributed by atoms with Crippen molar-refractivity contribution in [1.82, 2.24) is 10.2 Å². The molecule has 0 aromatic heterocycles. The van der Waals surface area contributed by atoms with Crippen LogP contribution in [0.4, 0.5) is 0 Å². The minimum Gasteiger partial charge on any atom is -0.391 e. The molecule has 1 aliphatic heterocycles. The molecule has 1 saturated heterocycles. The lowest BCUT2D eigenvalue weighted by Gasteiger charge is -2.37. The van der Waals surface area contributed by atoms with Crippen LogP contribution in [0.25, 0.3) is 0 Å². The molecule has 0 radical (unpaired) electrons. The van der Waals surface area contributed by atoms with Crippen LogP contribution in [0.15, 0.2) is 0 Å². The second kappa shape index (κ2) is 4.60. The van der Waals surface area contributed by atoms with E-state index in [1.807, 2.05) is 0 Å². The molecule has 2 atom stereocenters. The number of nitrogens with one attached hydrogen (secondary N) is 1. The van der Waals surface area contributed by atoms with Crippen molar-refractivity contribution in [3.05, 3.63) is 0 Å². The number of nitrogens with zero attached hydrogens (tertiary/aromatic N) is 1. The molecule has 0 bridgehead atoms. The van der Waals surface area contributed by atoms with Gasteiger partial charge in [-0.05, 0) is 52.2 Å². The average molecular weight is 198 g/mol. The fourth-order valence-electron chi connectivity index (χ4n) is 2.88. The van der Waals surface area contributed by atoms with Crippen LogP contribution in [0.2, 0.25) is 0 Å². The SMILES string of the molecule is CN(C1CCNCC1)C1CCCC1O. The first kappa shape index (κ1) is 10.4. The van der Waals surface area contributed by atoms with Crippen molar-refractivity contribution in [1.29, 1.82) is 0 Å². The summed E-state index contributed by atoms with van der Waals surface area (Å²) >= 11 is 0. The largest absolute Gasteiger partial charge is 0.391 e. The molecule has 2 rings (SSSR count). The van der Waals surface area contributed by atoms with E-state index in [0.717, 1.165) is 19.5 Å². The van der Waals surface area contributed by atoms with Crippen molar-refractivity contribution in [2.24, 2.45) is 0 Å². The van der Waals surface area contributed by atoms with Gasteiger partial charge in [0, 0.05) is 12.1 Å². The molecule has 2 N–H and O–H groups in total. The van der Waals surface area contributed by atoms with Gasteiger partial charge >= 0.3 is 0 Å². The number of hydrogen-bond acceptors (Lipinski definition) is 3. The first-order chi connectivity index (χ1) is 6.79. The second-order valence-electron chi connectivity index (χ2n) is 4.71. The molecule has 1 saturated carbocycles. The molecule has 82 valence electrons. The van der Waals surface area contributed by atoms with E-state index in [9.17, 15) is 5.11 Å². The van der Waals surface area contributed by atoms with Crippen LogP contribution < -0.4 is 5.32 Å². The molecule has 2 unspecified atom stereocenters. The molecule has 14 heavy (non-hydrogen) atoms. The van der Waals surface area contributed by atoms with E-state index in [1.54, 1.807) is 0 Å². The molecule has 0 aromatic rings. The molecular formula is C11H22N2O. The highest BCUT2D eigenvalue weighted by Crippen LogP contribution is 2.26. The maximum absolute atomic E-state index is 9.83. The monoisotopic (exact) mass is 198 g/mol. The predicted molar refractivity (Wildman–Crippen MR) is 57.3 cm³/mol. The Morgan fingerprint density at radius 1 is 1.14 bits per heavy atom. The Kier molecular flexibility index (Phi) is 3.42. The van der Waals surface area contributed by atoms with Gasteiger partial charge in [0.15, 0.2) is 0 Å². The summed E-state index contributed by atoms with van der Waals surface area (Å²) in [7, 11) is 2.19. The molecule has 3 heteroatoms. The zero-order valence-corrected chi connectivity index (χ0v) is 9.08. The van der Waals surface area contributed by atoms with E-state index in [2.05, 4.69) is 17.3 Å². The standard InChI is InChI=1S/C11H22N2O/c1-13(9-5-7-12-8-6-9)10-3-2-4-11(10)14/h9-12,14H,2-8H2,1H3. The fourth-order valence-corrected chi connectivity index (χ4v) is 2.88. The molecule has 2 fully saturated rings. The van der Waals surface area contributed by atoms with Crippen molar-refractivity contribution in [2.45, 2.75) is 50.3 Å². The Balaban J connectivity index is 1.89. The van der Waals surface area contributed by atoms with Gasteiger partial charge in [-0.3, -0.25) is 4.90 Å². The van der Waals surface area contributed by atoms with Gasteiger partial charge in [-0.1, -0.05) is 0 Å². The van der Waals surface area contributed by atoms with Gasteiger partial charge in [0.05, 0.1) is 6.10 Å². The van der Waals surface area contributed by atoms with Crippen molar-refractivity contribution in [3.8, 4) is 0 Å². The lowest BCUT2D eigenvalue weighted by molar-refractivity contribution is 0.0520. The van der Waals surface area contributed by atoms with Gasteiger partial charge < -0.3 is 10.4 Å². The van der Waals surface area contributed by atoms with E-state index in [1.165, 1.54) is 25.7 Å². The van der Waals surface area contributed by atoms with Gasteiger partial charge in [0.2, 0.25) is 0 Å². The van der Waals surface area contributed by atoms with Gasteiger partial charge in [-0.2, -0.15) is 0 Å². The number of likely N-dealkylation sites (N-methyl/N-ethyl adjacent to an activating group) is 1. The molecule has 0 spiro atoms. The van der Waals surface area contributed by atoms with Gasteiger partial charge in [-0.15, -0.1) is 0 Å². The highest BCUT2D eigenvalue weighted by molar-refractivity contribution is 4.88. The average Bonchev–Trinajstić information content (AvgIpc) is 2.65. The summed E-state index contributed by atoms with van der Waals surface area (Å²) < 4.78 is 0. The van der Waals surface area contributed by atoms with Gasteiger partial charge in [-0.25, -0.2) is 0 Å². The van der Waals surface area contributed by atoms with Crippen molar-refractivity contribution in [3.63, 3.8) is 0 Å². The van der Waals surface area contributed by atoms with Crippen molar-refractivity contribution >= 4 is 0 Å². The van der Waals surface area contributed by atoms with E-state index < -0.39 is 0 Å². The Bertz CT molecular complexity index is 180. The molecular weight excluding hydrogens is 176 g/mol. The smallest absolute Gasteiger partial charge is 0.0695 e. The van der Waals surface area contributed by atoms with Gasteiger partial charge in [0.1, 0.15) is 0 Å². The summed E-state index contributed by atoms with van der Waals surface area (Å²) in [4.78, 5) is 2.43. The maximum Gasteiger partial charge on any atom is 0.0695 e. The van der Waals surface area contributed by atoms with Crippen LogP contribution in [0.1, 0.15) is 32.1 Å². The van der Waals surface area contributed by atoms with Crippen LogP contribution in [0.3, 0.4) is 0 Å². The topological polar surface area (TPSA) is 35.5 Å². The van der Waals surface area contributed by atoms with E-state index in [-0.39, 0.29) is 6.10 Å². The van der Waals surface area contributed by atoms with Crippen LogP contribution in [0.5, 0.6) is 0 Å². The third kappa shape index (κ3) is 2.10. The third-order valence-corrected chi connectivity index (χ3v) is 3.85. The molecule has 2 aliphatic rings. The number of rotatable bonds is 2. The highest BCUT2D eigenvalue weighted by atomic mass is 16.3. The summed E-state index contributed by atoms with van der Waals surface area (Å²) in [5, 5.41) is 13.2. The van der Waals surface area contributed by atoms with Crippen LogP contribution >= 0.6 is 0 Å². The Hall–Kier alpha value is -0.120. The number of piperidine rings is 1. The fraction of sp³-hybridized carbons (Fsp3) is 1.00. The molecule has 0 amide bonds. The molecule has 1 heterocycles. The van der Waals surface area contributed by atoms with E-state index >= 15 is 0 Å². The Labute approximate surface area is 86.5 Å². The van der Waals surface area contributed by atoms with Crippen molar-refractivity contribution < 1.29 is 5.11 Å². The summed E-state index contributed by atoms with van der Waals surface area (Å²) in [6, 6.07) is 1.12. The predicted octanol–water partition coefficient (Wildman–Crippen LogP) is 0.584. The second-order valence-corrected chi connectivity index (χ2v) is 4.71. The quantitative estimate of drug-likeness (QED) is 0.681. The zero-order valence-electron chi connectivity index (χ0n) is 9.08. The van der Waals surface area contributed by atoms with E-state index in [0.29, 0.717) is 12.1 Å². The Morgan fingerprint density at radius 3 is 2.43 bits per heavy atom. The number of hydrogen-bond donors (Lipinski definition) is 2. The number of aliphatic hydroxyl groups is 1. The zero-order chi connectivity index (χ0) is 9.97. The first-order valence-corrected chi connectivity index (χ1v) is 5.90. The van der Waals surface area contributed by atoms with Crippen LogP contribution in [-0.4, -0.2) is 48.3 Å². The number of aliphatic hydroxyl groups excluding tert-OH is 1. The van der Waals surface area contributed by atoms with Crippen molar-refractivity contribution in [2.75, 3.05) is 20.1 Å². The Morgan fingerprint density at radius 2 is 1.86 bits per heavy atom. The summed E-state index contributed by atoms with van der Waals surface area (Å²) in [5.74, 6) is 0. The third-order valence-electron chi connectivity index (χ3n) is 3.85. The van der Waals surface area contributed by atoms with E-state index in [4.69, 9.17) is 0 Å². The summed E-state index contributed by atoms with van der Waals surface area (Å²) in [6.07, 6.45) is 5.78. The van der Waals surface area contributed by atoms with Crippen LogP contribution in [-0.2, 0) is 0 Å². The minimum absolute atomic E-state index is 0.0742. The molecule has 1 aliphatic carbocycles. The minimum atomic E-state index is -0.0742. The maximum atomic E-state index is 9.83. The molecule has 3 nitrogen and oxygen atoms in total. The molecule has 0 aromatic carbocycles. The lowest BCUT2D eigenvalue weighted by Crippen LogP contribution is -2.48. The summed E-state index contributed by atoms with van der Waals surface area (Å²) in [6.45, 7) is 2.27. The summed E-state index contributed by atoms with van der Waals surface area (Å²) in [5.41, 5.74) is 0. The highest BCUT2D eigenvalue weighted by Gasteiger charge is 2.32. The van der Waals surface area contributed by atoms with Gasteiger partial charge in [0.25, 0.3) is 0 Å². The normalized spacial score (nSPS) is 35.4. The lowest BCUT2D eigenvalue weighted by atomic mass is 10.0.